The van der Waals surface area contributed by atoms with Crippen LogP contribution in [0.25, 0.3) is 0 Å². The number of esters is 1. The largest absolute Gasteiger partial charge is 0.469 e. The average Bonchev–Trinajstić information content (AvgIpc) is 3.23. The minimum atomic E-state index is -0.919. The molecule has 1 fully saturated rings. The third-order valence-electron chi connectivity index (χ3n) is 5.52. The fourth-order valence-corrected chi connectivity index (χ4v) is 3.91. The number of fused-ring (bicyclic) bond motifs is 1. The van der Waals surface area contributed by atoms with Crippen LogP contribution in [0.2, 0.25) is 0 Å². The molecule has 0 bridgehead atoms. The summed E-state index contributed by atoms with van der Waals surface area (Å²) in [5, 5.41) is 2.67. The molecule has 158 valence electrons. The van der Waals surface area contributed by atoms with E-state index in [-0.39, 0.29) is 24.6 Å². The number of aromatic nitrogens is 1. The molecule has 0 spiro atoms. The van der Waals surface area contributed by atoms with E-state index in [1.807, 2.05) is 6.07 Å². The molecule has 30 heavy (non-hydrogen) atoms. The zero-order valence-corrected chi connectivity index (χ0v) is 16.8. The lowest BCUT2D eigenvalue weighted by molar-refractivity contribution is -0.145. The molecule has 2 aromatic rings. The highest BCUT2D eigenvalue weighted by molar-refractivity contribution is 5.98. The van der Waals surface area contributed by atoms with Crippen molar-refractivity contribution in [1.82, 2.24) is 20.1 Å². The van der Waals surface area contributed by atoms with Crippen molar-refractivity contribution in [2.75, 3.05) is 26.7 Å². The van der Waals surface area contributed by atoms with Crippen LogP contribution < -0.4 is 5.32 Å². The number of rotatable bonds is 5. The van der Waals surface area contributed by atoms with Crippen LogP contribution in [-0.4, -0.2) is 65.4 Å². The molecule has 2 amide bonds. The first-order valence-corrected chi connectivity index (χ1v) is 9.94. The maximum atomic E-state index is 13.0. The molecule has 1 atom stereocenters. The van der Waals surface area contributed by atoms with Crippen LogP contribution in [0.3, 0.4) is 0 Å². The van der Waals surface area contributed by atoms with Crippen LogP contribution in [0.15, 0.2) is 34.9 Å². The number of benzene rings is 1. The summed E-state index contributed by atoms with van der Waals surface area (Å²) < 4.78 is 10.2. The number of piperazine rings is 1. The van der Waals surface area contributed by atoms with Gasteiger partial charge in [-0.25, -0.2) is 4.98 Å². The predicted molar refractivity (Wildman–Crippen MR) is 105 cm³/mol. The average molecular weight is 412 g/mol. The normalized spacial score (nSPS) is 19.2. The molecule has 1 aromatic carbocycles. The fourth-order valence-electron chi connectivity index (χ4n) is 3.91. The molecule has 0 radical (unpaired) electrons. The number of nitrogens with one attached hydrogen (secondary N) is 1. The number of amides is 2. The summed E-state index contributed by atoms with van der Waals surface area (Å²) in [5.74, 6) is -0.918. The van der Waals surface area contributed by atoms with Gasteiger partial charge in [0.1, 0.15) is 12.3 Å². The summed E-state index contributed by atoms with van der Waals surface area (Å²) in [7, 11) is 1.25. The van der Waals surface area contributed by atoms with E-state index in [0.717, 1.165) is 19.5 Å². The summed E-state index contributed by atoms with van der Waals surface area (Å²) in [6.45, 7) is 2.79. The molecule has 4 rings (SSSR count). The van der Waals surface area contributed by atoms with Crippen molar-refractivity contribution in [3.8, 4) is 0 Å². The summed E-state index contributed by atoms with van der Waals surface area (Å²) in [5.41, 5.74) is 2.78. The second kappa shape index (κ2) is 8.66. The second-order valence-electron chi connectivity index (χ2n) is 7.44. The smallest absolute Gasteiger partial charge is 0.308 e. The summed E-state index contributed by atoms with van der Waals surface area (Å²) in [6.07, 6.45) is 2.07. The van der Waals surface area contributed by atoms with Crippen LogP contribution in [0, 0.1) is 0 Å². The Labute approximate surface area is 174 Å². The molecule has 3 heterocycles. The van der Waals surface area contributed by atoms with E-state index >= 15 is 0 Å². The highest BCUT2D eigenvalue weighted by Gasteiger charge is 2.36. The summed E-state index contributed by atoms with van der Waals surface area (Å²) >= 11 is 0. The monoisotopic (exact) mass is 412 g/mol. The van der Waals surface area contributed by atoms with Crippen LogP contribution in [-0.2, 0) is 33.8 Å². The van der Waals surface area contributed by atoms with Gasteiger partial charge in [0.05, 0.1) is 20.1 Å². The Morgan fingerprint density at radius 2 is 2.07 bits per heavy atom. The minimum Gasteiger partial charge on any atom is -0.469 e. The number of ether oxygens (including phenoxy) is 1. The predicted octanol–water partition coefficient (Wildman–Crippen LogP) is 0.737. The lowest BCUT2D eigenvalue weighted by Crippen LogP contribution is -2.57. The minimum absolute atomic E-state index is 0.131. The van der Waals surface area contributed by atoms with Gasteiger partial charge in [0, 0.05) is 26.2 Å². The van der Waals surface area contributed by atoms with Gasteiger partial charge >= 0.3 is 5.97 Å². The van der Waals surface area contributed by atoms with Crippen molar-refractivity contribution >= 4 is 17.8 Å². The Morgan fingerprint density at radius 1 is 1.27 bits per heavy atom. The SMILES string of the molecule is COC(=O)CC1C(=O)NCCN1C(=O)c1coc(CN2CCc3ccccc3C2)n1. The molecule has 9 nitrogen and oxygen atoms in total. The number of nitrogens with zero attached hydrogens (tertiary/aromatic N) is 3. The number of hydrogen-bond donors (Lipinski definition) is 1. The molecule has 2 aliphatic heterocycles. The van der Waals surface area contributed by atoms with Gasteiger partial charge in [-0.1, -0.05) is 24.3 Å². The topological polar surface area (TPSA) is 105 Å². The Kier molecular flexibility index (Phi) is 5.80. The number of carbonyl (C=O) groups excluding carboxylic acids is 3. The van der Waals surface area contributed by atoms with E-state index in [1.165, 1.54) is 29.4 Å². The van der Waals surface area contributed by atoms with E-state index < -0.39 is 17.9 Å². The van der Waals surface area contributed by atoms with E-state index in [2.05, 4.69) is 38.1 Å². The van der Waals surface area contributed by atoms with Crippen molar-refractivity contribution < 1.29 is 23.5 Å². The third kappa shape index (κ3) is 4.20. The number of oxazole rings is 1. The molecule has 1 N–H and O–H groups in total. The highest BCUT2D eigenvalue weighted by Crippen LogP contribution is 2.21. The van der Waals surface area contributed by atoms with Crippen molar-refractivity contribution in [1.29, 1.82) is 0 Å². The third-order valence-corrected chi connectivity index (χ3v) is 5.52. The number of carbonyl (C=O) groups is 3. The zero-order valence-electron chi connectivity index (χ0n) is 16.8. The Bertz CT molecular complexity index is 956. The van der Waals surface area contributed by atoms with E-state index in [9.17, 15) is 14.4 Å². The highest BCUT2D eigenvalue weighted by atomic mass is 16.5. The van der Waals surface area contributed by atoms with E-state index in [4.69, 9.17) is 4.42 Å². The van der Waals surface area contributed by atoms with Gasteiger partial charge in [-0.3, -0.25) is 19.3 Å². The molecular weight excluding hydrogens is 388 g/mol. The molecule has 2 aliphatic rings. The lowest BCUT2D eigenvalue weighted by Gasteiger charge is -2.33. The maximum absolute atomic E-state index is 13.0. The first-order valence-electron chi connectivity index (χ1n) is 9.94. The Balaban J connectivity index is 1.43. The molecule has 1 aromatic heterocycles. The molecule has 9 heteroatoms. The first kappa shape index (κ1) is 20.1. The van der Waals surface area contributed by atoms with Crippen LogP contribution in [0.1, 0.15) is 33.9 Å². The second-order valence-corrected chi connectivity index (χ2v) is 7.44. The summed E-state index contributed by atoms with van der Waals surface area (Å²) in [6, 6.07) is 7.43. The van der Waals surface area contributed by atoms with Crippen molar-refractivity contribution in [2.24, 2.45) is 0 Å². The maximum Gasteiger partial charge on any atom is 0.308 e. The first-order chi connectivity index (χ1) is 14.5. The quantitative estimate of drug-likeness (QED) is 0.722. The Hall–Kier alpha value is -3.20. The van der Waals surface area contributed by atoms with Gasteiger partial charge in [-0.05, 0) is 17.5 Å². The zero-order chi connectivity index (χ0) is 21.1. The Morgan fingerprint density at radius 3 is 2.87 bits per heavy atom. The van der Waals surface area contributed by atoms with Gasteiger partial charge in [-0.15, -0.1) is 0 Å². The van der Waals surface area contributed by atoms with Crippen molar-refractivity contribution in [3.63, 3.8) is 0 Å². The van der Waals surface area contributed by atoms with Gasteiger partial charge < -0.3 is 19.4 Å². The summed E-state index contributed by atoms with van der Waals surface area (Å²) in [4.78, 5) is 44.7. The standard InChI is InChI=1S/C21H24N4O5/c1-29-19(26)10-17-20(27)22-7-9-25(17)21(28)16-13-30-18(23-16)12-24-8-6-14-4-2-3-5-15(14)11-24/h2-5,13,17H,6-12H2,1H3,(H,22,27). The fraction of sp³-hybridized carbons (Fsp3) is 0.429. The molecule has 1 saturated heterocycles. The molecule has 0 saturated carbocycles. The molecule has 0 aliphatic carbocycles. The molecule has 1 unspecified atom stereocenters. The van der Waals surface area contributed by atoms with Crippen LogP contribution >= 0.6 is 0 Å². The number of methoxy groups -OCH3 is 1. The van der Waals surface area contributed by atoms with E-state index in [0.29, 0.717) is 19.0 Å². The van der Waals surface area contributed by atoms with Gasteiger partial charge in [0.25, 0.3) is 5.91 Å². The molecular formula is C21H24N4O5. The van der Waals surface area contributed by atoms with Crippen molar-refractivity contribution in [3.05, 3.63) is 53.2 Å². The van der Waals surface area contributed by atoms with Crippen LogP contribution in [0.5, 0.6) is 0 Å². The van der Waals surface area contributed by atoms with E-state index in [1.54, 1.807) is 0 Å². The van der Waals surface area contributed by atoms with Crippen LogP contribution in [0.4, 0.5) is 0 Å². The van der Waals surface area contributed by atoms with Gasteiger partial charge in [0.15, 0.2) is 5.69 Å². The lowest BCUT2D eigenvalue weighted by atomic mass is 10.00. The van der Waals surface area contributed by atoms with Crippen molar-refractivity contribution in [2.45, 2.75) is 32.0 Å². The van der Waals surface area contributed by atoms with Gasteiger partial charge in [0.2, 0.25) is 11.8 Å². The van der Waals surface area contributed by atoms with Gasteiger partial charge in [-0.2, -0.15) is 0 Å². The number of hydrogen-bond acceptors (Lipinski definition) is 7.